The molecule has 0 amide bonds. The summed E-state index contributed by atoms with van der Waals surface area (Å²) in [7, 11) is 0. The van der Waals surface area contributed by atoms with Crippen LogP contribution in [0.2, 0.25) is 0 Å². The van der Waals surface area contributed by atoms with Crippen LogP contribution in [0.3, 0.4) is 0 Å². The van der Waals surface area contributed by atoms with Crippen LogP contribution >= 0.6 is 0 Å². The Kier molecular flexibility index (Phi) is 66.1. The number of aliphatic carboxylic acids is 3. The van der Waals surface area contributed by atoms with E-state index in [0.717, 1.165) is 20.8 Å². The molecule has 0 unspecified atom stereocenters. The number of rotatable bonds is 0. The Morgan fingerprint density at radius 2 is 0.667 bits per heavy atom. The van der Waals surface area contributed by atoms with Gasteiger partial charge in [-0.25, -0.2) is 0 Å². The fourth-order valence-corrected chi connectivity index (χ4v) is 0. The third-order valence-electron chi connectivity index (χ3n) is 0.296. The summed E-state index contributed by atoms with van der Waals surface area (Å²) in [6.07, 6.45) is 0. The van der Waals surface area contributed by atoms with E-state index in [4.69, 9.17) is 46.3 Å². The zero-order chi connectivity index (χ0) is 15.9. The first-order valence-electron chi connectivity index (χ1n) is 4.12. The van der Waals surface area contributed by atoms with Gasteiger partial charge in [0.1, 0.15) is 0 Å². The van der Waals surface area contributed by atoms with E-state index >= 15 is 0 Å². The van der Waals surface area contributed by atoms with Crippen LogP contribution < -0.4 is 17.2 Å². The molecule has 0 aromatic heterocycles. The molecule has 0 aliphatic carbocycles. The minimum absolute atomic E-state index is 0. The van der Waals surface area contributed by atoms with Gasteiger partial charge in [-0.3, -0.25) is 14.4 Å². The van der Waals surface area contributed by atoms with E-state index in [1.165, 1.54) is 0 Å². The summed E-state index contributed by atoms with van der Waals surface area (Å²) in [6, 6.07) is 0. The topological polar surface area (TPSA) is 210 Å². The van der Waals surface area contributed by atoms with Gasteiger partial charge in [0.15, 0.2) is 5.82 Å². The van der Waals surface area contributed by atoms with E-state index in [0.29, 0.717) is 0 Å². The van der Waals surface area contributed by atoms with Crippen molar-refractivity contribution in [2.24, 2.45) is 17.2 Å². The van der Waals surface area contributed by atoms with Crippen molar-refractivity contribution in [3.63, 3.8) is 0 Å². The van der Waals surface area contributed by atoms with E-state index < -0.39 is 23.8 Å². The van der Waals surface area contributed by atoms with Crippen LogP contribution in [0.15, 0.2) is 11.7 Å². The standard InChI is InChI=1S/C2H7N3O.3C2H4O2.3Na.3H/c3-1(4)2(5)6;3*1-2(3)4;;;;;;/h6H,3-5H2;3*1H3,(H,3,4);;;;;;. The maximum atomic E-state index is 9.00. The molecule has 114 valence electrons. The van der Waals surface area contributed by atoms with Crippen LogP contribution in [0, 0.1) is 0 Å². The molecule has 0 saturated carbocycles. The zero-order valence-corrected chi connectivity index (χ0v) is 10.2. The second-order valence-electron chi connectivity index (χ2n) is 2.40. The number of nitrogens with two attached hydrogens (primary N) is 3. The Labute approximate surface area is 189 Å². The number of carbonyl (C=O) groups is 3. The van der Waals surface area contributed by atoms with Crippen molar-refractivity contribution < 1.29 is 34.8 Å². The van der Waals surface area contributed by atoms with Crippen LogP contribution in [-0.2, 0) is 14.4 Å². The molecule has 13 heteroatoms. The Hall–Kier alpha value is 0.350. The Morgan fingerprint density at radius 1 is 0.619 bits per heavy atom. The van der Waals surface area contributed by atoms with Crippen LogP contribution in [0.25, 0.3) is 0 Å². The first-order valence-corrected chi connectivity index (χ1v) is 4.12. The van der Waals surface area contributed by atoms with Crippen LogP contribution in [0.5, 0.6) is 0 Å². The molecule has 21 heavy (non-hydrogen) atoms. The van der Waals surface area contributed by atoms with Gasteiger partial charge in [0.2, 0.25) is 5.88 Å². The zero-order valence-electron chi connectivity index (χ0n) is 10.2. The third-order valence-corrected chi connectivity index (χ3v) is 0.296. The van der Waals surface area contributed by atoms with Gasteiger partial charge in [0.25, 0.3) is 17.9 Å². The summed E-state index contributed by atoms with van der Waals surface area (Å²) >= 11 is 0. The van der Waals surface area contributed by atoms with Gasteiger partial charge < -0.3 is 37.6 Å². The van der Waals surface area contributed by atoms with E-state index in [1.807, 2.05) is 0 Å². The maximum absolute atomic E-state index is 9.00. The Bertz CT molecular complexity index is 242. The first kappa shape index (κ1) is 42.9. The monoisotopic (exact) mass is 341 g/mol. The Morgan fingerprint density at radius 3 is 0.667 bits per heavy atom. The molecule has 0 saturated heterocycles. The molecule has 0 rings (SSSR count). The quantitative estimate of drug-likeness (QED) is 0.174. The summed E-state index contributed by atoms with van der Waals surface area (Å²) in [4.78, 5) is 27.0. The number of carboxylic acid groups (broad SMARTS) is 3. The summed E-state index contributed by atoms with van der Waals surface area (Å²) < 4.78 is 0. The fourth-order valence-electron chi connectivity index (χ4n) is 0. The van der Waals surface area contributed by atoms with Crippen LogP contribution in [-0.4, -0.2) is 127 Å². The third kappa shape index (κ3) is 362. The minimum atomic E-state index is -0.833. The first-order chi connectivity index (χ1) is 7.84. The van der Waals surface area contributed by atoms with Crippen LogP contribution in [0.4, 0.5) is 0 Å². The fraction of sp³-hybridized carbons (Fsp3) is 0.375. The molecule has 0 atom stereocenters. The van der Waals surface area contributed by atoms with E-state index in [2.05, 4.69) is 5.73 Å². The molecule has 0 aliphatic heterocycles. The molecule has 0 spiro atoms. The van der Waals surface area contributed by atoms with Crippen LogP contribution in [0.1, 0.15) is 20.8 Å². The predicted molar refractivity (Wildman–Crippen MR) is 83.6 cm³/mol. The average molecular weight is 341 g/mol. The molecule has 0 radical (unpaired) electrons. The average Bonchev–Trinajstić information content (AvgIpc) is 1.99. The SMILES string of the molecule is CC(=O)O.CC(=O)O.CC(=O)O.NC(N)=C(N)O.[NaH].[NaH].[NaH]. The predicted octanol–water partition coefficient (Wildman–Crippen LogP) is -3.13. The number of aliphatic hydroxyl groups is 1. The number of hydrogen-bond acceptors (Lipinski definition) is 7. The molecule has 0 heterocycles. The number of hydrogen-bond donors (Lipinski definition) is 7. The van der Waals surface area contributed by atoms with Gasteiger partial charge in [0, 0.05) is 20.8 Å². The molecule has 0 aromatic rings. The van der Waals surface area contributed by atoms with Gasteiger partial charge in [-0.05, 0) is 0 Å². The van der Waals surface area contributed by atoms with Crippen molar-refractivity contribution in [2.45, 2.75) is 20.8 Å². The van der Waals surface area contributed by atoms with Gasteiger partial charge in [-0.1, -0.05) is 0 Å². The van der Waals surface area contributed by atoms with Crippen molar-refractivity contribution in [1.82, 2.24) is 0 Å². The van der Waals surface area contributed by atoms with Gasteiger partial charge >= 0.3 is 88.7 Å². The van der Waals surface area contributed by atoms with Crippen molar-refractivity contribution in [3.8, 4) is 0 Å². The second-order valence-corrected chi connectivity index (χ2v) is 2.40. The summed E-state index contributed by atoms with van der Waals surface area (Å²) in [5, 5.41) is 30.3. The molecule has 10 nitrogen and oxygen atoms in total. The normalized spacial score (nSPS) is 5.67. The molecule has 0 aliphatic rings. The molecular weight excluding hydrogens is 319 g/mol. The summed E-state index contributed by atoms with van der Waals surface area (Å²) in [5.41, 5.74) is 14.1. The van der Waals surface area contributed by atoms with Gasteiger partial charge in [0.05, 0.1) is 0 Å². The summed E-state index contributed by atoms with van der Waals surface area (Å²) in [6.45, 7) is 3.25. The second kappa shape index (κ2) is 32.3. The molecular formula is C8H22N3Na3O7. The van der Waals surface area contributed by atoms with Gasteiger partial charge in [-0.2, -0.15) is 0 Å². The van der Waals surface area contributed by atoms with E-state index in [9.17, 15) is 0 Å². The van der Waals surface area contributed by atoms with Crippen molar-refractivity contribution in [3.05, 3.63) is 11.7 Å². The molecule has 0 aromatic carbocycles. The molecule has 0 bridgehead atoms. The Balaban J connectivity index is -0.0000000242. The van der Waals surface area contributed by atoms with Crippen molar-refractivity contribution >= 4 is 107 Å². The van der Waals surface area contributed by atoms with E-state index in [-0.39, 0.29) is 94.5 Å². The van der Waals surface area contributed by atoms with E-state index in [1.54, 1.807) is 0 Å². The van der Waals surface area contributed by atoms with Gasteiger partial charge in [-0.15, -0.1) is 0 Å². The number of carboxylic acids is 3. The number of aliphatic hydroxyl groups excluding tert-OH is 1. The van der Waals surface area contributed by atoms with Crippen molar-refractivity contribution in [1.29, 1.82) is 0 Å². The molecule has 10 N–H and O–H groups in total. The molecule has 0 fully saturated rings. The summed E-state index contributed by atoms with van der Waals surface area (Å²) in [5.74, 6) is -3.26. The van der Waals surface area contributed by atoms with Crippen molar-refractivity contribution in [2.75, 3.05) is 0 Å².